The largest absolute Gasteiger partial charge is 0.341 e. The lowest BCUT2D eigenvalue weighted by Crippen LogP contribution is -2.27. The van der Waals surface area contributed by atoms with Crippen LogP contribution in [0.1, 0.15) is 5.56 Å². The highest BCUT2D eigenvalue weighted by molar-refractivity contribution is 7.99. The first kappa shape index (κ1) is 19.8. The zero-order valence-corrected chi connectivity index (χ0v) is 16.4. The molecule has 28 heavy (non-hydrogen) atoms. The highest BCUT2D eigenvalue weighted by Gasteiger charge is 2.18. The van der Waals surface area contributed by atoms with Crippen LogP contribution in [0.2, 0.25) is 0 Å². The van der Waals surface area contributed by atoms with Gasteiger partial charge >= 0.3 is 0 Å². The quantitative estimate of drug-likeness (QED) is 0.426. The summed E-state index contributed by atoms with van der Waals surface area (Å²) in [5, 5.41) is 8.85. The summed E-state index contributed by atoms with van der Waals surface area (Å²) in [7, 11) is 1.77. The van der Waals surface area contributed by atoms with Crippen molar-refractivity contribution in [1.82, 2.24) is 19.7 Å². The number of halogens is 1. The van der Waals surface area contributed by atoms with E-state index in [1.54, 1.807) is 40.8 Å². The second-order valence-electron chi connectivity index (χ2n) is 6.21. The minimum absolute atomic E-state index is 0.0190. The van der Waals surface area contributed by atoms with Crippen molar-refractivity contribution in [2.75, 3.05) is 12.8 Å². The van der Waals surface area contributed by atoms with Gasteiger partial charge in [0.1, 0.15) is 5.82 Å². The van der Waals surface area contributed by atoms with Gasteiger partial charge in [0.2, 0.25) is 5.91 Å². The van der Waals surface area contributed by atoms with E-state index in [-0.39, 0.29) is 17.5 Å². The highest BCUT2D eigenvalue weighted by atomic mass is 32.2. The Hall–Kier alpha value is -2.93. The predicted octanol–water partition coefficient (Wildman–Crippen LogP) is 4.02. The second kappa shape index (κ2) is 9.32. The van der Waals surface area contributed by atoms with Crippen molar-refractivity contribution in [3.8, 4) is 11.4 Å². The minimum atomic E-state index is -0.365. The van der Waals surface area contributed by atoms with Crippen molar-refractivity contribution in [3.05, 3.63) is 78.6 Å². The molecule has 3 rings (SSSR count). The van der Waals surface area contributed by atoms with E-state index in [4.69, 9.17) is 0 Å². The molecule has 0 saturated carbocycles. The van der Waals surface area contributed by atoms with E-state index in [9.17, 15) is 9.18 Å². The standard InChI is InChI=1S/C21H21FN4OS/c1-3-13-26-20(17-11-7-8-12-18(17)22)23-24-21(26)28-15-19(27)25(2)14-16-9-5-4-6-10-16/h3-12H,1,13-15H2,2H3. The molecule has 0 aliphatic rings. The van der Waals surface area contributed by atoms with Crippen molar-refractivity contribution in [2.24, 2.45) is 0 Å². The van der Waals surface area contributed by atoms with Crippen LogP contribution < -0.4 is 0 Å². The van der Waals surface area contributed by atoms with E-state index in [1.165, 1.54) is 17.8 Å². The van der Waals surface area contributed by atoms with Crippen molar-refractivity contribution < 1.29 is 9.18 Å². The van der Waals surface area contributed by atoms with Crippen LogP contribution in [0.5, 0.6) is 0 Å². The van der Waals surface area contributed by atoms with E-state index in [0.29, 0.717) is 29.6 Å². The number of hydrogen-bond donors (Lipinski definition) is 0. The maximum Gasteiger partial charge on any atom is 0.233 e. The summed E-state index contributed by atoms with van der Waals surface area (Å²) in [5.74, 6) is 0.256. The lowest BCUT2D eigenvalue weighted by molar-refractivity contribution is -0.127. The fourth-order valence-corrected chi connectivity index (χ4v) is 3.60. The topological polar surface area (TPSA) is 51.0 Å². The average Bonchev–Trinajstić information content (AvgIpc) is 3.10. The lowest BCUT2D eigenvalue weighted by Gasteiger charge is -2.17. The lowest BCUT2D eigenvalue weighted by atomic mass is 10.2. The molecular weight excluding hydrogens is 375 g/mol. The number of aromatic nitrogens is 3. The van der Waals surface area contributed by atoms with Gasteiger partial charge in [-0.05, 0) is 17.7 Å². The van der Waals surface area contributed by atoms with Crippen LogP contribution in [0.3, 0.4) is 0 Å². The molecule has 0 fully saturated rings. The molecule has 0 saturated heterocycles. The Bertz CT molecular complexity index is 958. The summed E-state index contributed by atoms with van der Waals surface area (Å²) in [6.07, 6.45) is 1.70. The maximum absolute atomic E-state index is 14.2. The molecule has 144 valence electrons. The number of benzene rings is 2. The number of allylic oxidation sites excluding steroid dienone is 1. The van der Waals surface area contributed by atoms with Crippen molar-refractivity contribution in [1.29, 1.82) is 0 Å². The summed E-state index contributed by atoms with van der Waals surface area (Å²) in [6.45, 7) is 4.72. The third-order valence-electron chi connectivity index (χ3n) is 4.16. The first-order chi connectivity index (χ1) is 13.6. The zero-order valence-electron chi connectivity index (χ0n) is 15.6. The molecule has 3 aromatic rings. The summed E-state index contributed by atoms with van der Waals surface area (Å²) >= 11 is 1.28. The molecule has 7 heteroatoms. The number of thioether (sulfide) groups is 1. The first-order valence-corrected chi connectivity index (χ1v) is 9.78. The predicted molar refractivity (Wildman–Crippen MR) is 109 cm³/mol. The summed E-state index contributed by atoms with van der Waals surface area (Å²) in [6, 6.07) is 16.2. The normalized spacial score (nSPS) is 10.6. The third kappa shape index (κ3) is 4.67. The van der Waals surface area contributed by atoms with Gasteiger partial charge in [0.15, 0.2) is 11.0 Å². The Balaban J connectivity index is 1.71. The molecule has 0 atom stereocenters. The van der Waals surface area contributed by atoms with Crippen LogP contribution in [-0.2, 0) is 17.9 Å². The number of amides is 1. The first-order valence-electron chi connectivity index (χ1n) is 8.80. The number of hydrogen-bond acceptors (Lipinski definition) is 4. The van der Waals surface area contributed by atoms with Crippen molar-refractivity contribution in [3.63, 3.8) is 0 Å². The summed E-state index contributed by atoms with van der Waals surface area (Å²) < 4.78 is 15.9. The Morgan fingerprint density at radius 2 is 1.89 bits per heavy atom. The molecule has 2 aromatic carbocycles. The number of nitrogens with zero attached hydrogens (tertiary/aromatic N) is 4. The van der Waals surface area contributed by atoms with Crippen LogP contribution >= 0.6 is 11.8 Å². The Morgan fingerprint density at radius 3 is 2.61 bits per heavy atom. The molecule has 0 N–H and O–H groups in total. The summed E-state index contributed by atoms with van der Waals surface area (Å²) in [5.41, 5.74) is 1.44. The van der Waals surface area contributed by atoms with Crippen LogP contribution in [0, 0.1) is 5.82 Å². The van der Waals surface area contributed by atoms with E-state index in [1.807, 2.05) is 30.3 Å². The molecule has 1 aromatic heterocycles. The zero-order chi connectivity index (χ0) is 19.9. The molecule has 0 aliphatic carbocycles. The number of carbonyl (C=O) groups excluding carboxylic acids is 1. The second-order valence-corrected chi connectivity index (χ2v) is 7.15. The van der Waals surface area contributed by atoms with Crippen molar-refractivity contribution >= 4 is 17.7 Å². The molecule has 1 amide bonds. The minimum Gasteiger partial charge on any atom is -0.341 e. The Kier molecular flexibility index (Phi) is 6.60. The van der Waals surface area contributed by atoms with Gasteiger partial charge in [0, 0.05) is 20.1 Å². The Morgan fingerprint density at radius 1 is 1.18 bits per heavy atom. The number of carbonyl (C=O) groups is 1. The van der Waals surface area contributed by atoms with Gasteiger partial charge in [-0.3, -0.25) is 9.36 Å². The van der Waals surface area contributed by atoms with E-state index in [2.05, 4.69) is 16.8 Å². The molecule has 0 spiro atoms. The van der Waals surface area contributed by atoms with Gasteiger partial charge in [0.25, 0.3) is 0 Å². The van der Waals surface area contributed by atoms with Gasteiger partial charge in [-0.1, -0.05) is 60.3 Å². The maximum atomic E-state index is 14.2. The van der Waals surface area contributed by atoms with Crippen LogP contribution in [-0.4, -0.2) is 38.4 Å². The van der Waals surface area contributed by atoms with Crippen LogP contribution in [0.15, 0.2) is 72.4 Å². The van der Waals surface area contributed by atoms with Crippen molar-refractivity contribution in [2.45, 2.75) is 18.2 Å². The number of rotatable bonds is 8. The van der Waals surface area contributed by atoms with Crippen LogP contribution in [0.25, 0.3) is 11.4 Å². The Labute approximate surface area is 167 Å². The molecule has 0 bridgehead atoms. The molecule has 0 radical (unpaired) electrons. The smallest absolute Gasteiger partial charge is 0.233 e. The van der Waals surface area contributed by atoms with Gasteiger partial charge in [-0.25, -0.2) is 4.39 Å². The third-order valence-corrected chi connectivity index (χ3v) is 5.11. The monoisotopic (exact) mass is 396 g/mol. The molecule has 1 heterocycles. The van der Waals surface area contributed by atoms with Gasteiger partial charge in [0.05, 0.1) is 11.3 Å². The fourth-order valence-electron chi connectivity index (χ4n) is 2.71. The fraction of sp³-hybridized carbons (Fsp3) is 0.190. The van der Waals surface area contributed by atoms with Gasteiger partial charge < -0.3 is 4.90 Å². The SMILES string of the molecule is C=CCn1c(SCC(=O)N(C)Cc2ccccc2)nnc1-c1ccccc1F. The van der Waals surface area contributed by atoms with Crippen LogP contribution in [0.4, 0.5) is 4.39 Å². The van der Waals surface area contributed by atoms with E-state index in [0.717, 1.165) is 5.56 Å². The van der Waals surface area contributed by atoms with Gasteiger partial charge in [-0.2, -0.15) is 0 Å². The van der Waals surface area contributed by atoms with E-state index >= 15 is 0 Å². The molecule has 5 nitrogen and oxygen atoms in total. The summed E-state index contributed by atoms with van der Waals surface area (Å²) in [4.78, 5) is 14.2. The van der Waals surface area contributed by atoms with Gasteiger partial charge in [-0.15, -0.1) is 16.8 Å². The molecule has 0 aliphatic heterocycles. The molecule has 0 unspecified atom stereocenters. The average molecular weight is 396 g/mol. The highest BCUT2D eigenvalue weighted by Crippen LogP contribution is 2.26. The molecular formula is C21H21FN4OS. The van der Waals surface area contributed by atoms with E-state index < -0.39 is 0 Å².